The molecule has 1 aliphatic rings. The number of fused-ring (bicyclic) bond motifs is 4. The Bertz CT molecular complexity index is 2010. The van der Waals surface area contributed by atoms with Crippen LogP contribution in [0.2, 0.25) is 0 Å². The van der Waals surface area contributed by atoms with E-state index in [1.54, 1.807) is 39.2 Å². The molecule has 0 radical (unpaired) electrons. The molecule has 4 heterocycles. The van der Waals surface area contributed by atoms with E-state index in [0.717, 1.165) is 22.6 Å². The van der Waals surface area contributed by atoms with Gasteiger partial charge in [-0.25, -0.2) is 9.50 Å². The smallest absolute Gasteiger partial charge is 0.259 e. The third-order valence-corrected chi connectivity index (χ3v) is 8.60. The first-order valence-electron chi connectivity index (χ1n) is 16.7. The number of nitrogens with one attached hydrogen (secondary N) is 2. The Morgan fingerprint density at radius 3 is 2.66 bits per heavy atom. The zero-order valence-electron chi connectivity index (χ0n) is 28.7. The van der Waals surface area contributed by atoms with Gasteiger partial charge in [-0.15, -0.1) is 5.10 Å². The molecule has 0 fully saturated rings. The van der Waals surface area contributed by atoms with Crippen LogP contribution in [-0.4, -0.2) is 91.6 Å². The number of nitrogens with zero attached hydrogens (tertiary/aromatic N) is 7. The number of aromatic nitrogens is 6. The summed E-state index contributed by atoms with van der Waals surface area (Å²) >= 11 is 0. The Balaban J connectivity index is 1.31. The van der Waals surface area contributed by atoms with E-state index in [4.69, 9.17) is 9.47 Å². The lowest BCUT2D eigenvalue weighted by Crippen LogP contribution is -2.50. The molecule has 260 valence electrons. The Kier molecular flexibility index (Phi) is 10.4. The van der Waals surface area contributed by atoms with E-state index in [0.29, 0.717) is 54.3 Å². The lowest BCUT2D eigenvalue weighted by atomic mass is 10.0. The fourth-order valence-electron chi connectivity index (χ4n) is 6.10. The fraction of sp³-hybridized carbons (Fsp3) is 0.361. The second-order valence-corrected chi connectivity index (χ2v) is 12.3. The standard InChI is InChI=1S/C36H41N9O5/c1-23-20-24(2)45-33(38-23)31(25(3)41-45)36(48)43-17-14-27-22-44(42-40-27)16-9-19-50-32-28(12-8-13-30(32)49-4)34(46)39-29(35(47)37-15-18-43)21-26-10-6-5-7-11-26/h5-8,10-13,20,22,29H,9,14-19,21H2,1-4H3,(H,37,47)(H,39,46)/t29-/m0/s1. The number of benzene rings is 2. The highest BCUT2D eigenvalue weighted by atomic mass is 16.5. The predicted molar refractivity (Wildman–Crippen MR) is 184 cm³/mol. The molecule has 0 aliphatic carbocycles. The van der Waals surface area contributed by atoms with Gasteiger partial charge in [0.15, 0.2) is 17.1 Å². The second kappa shape index (κ2) is 15.2. The maximum absolute atomic E-state index is 14.2. The van der Waals surface area contributed by atoms with Gasteiger partial charge < -0.3 is 25.0 Å². The Morgan fingerprint density at radius 1 is 1.04 bits per heavy atom. The van der Waals surface area contributed by atoms with Crippen molar-refractivity contribution in [1.29, 1.82) is 0 Å². The minimum Gasteiger partial charge on any atom is -0.493 e. The highest BCUT2D eigenvalue weighted by molar-refractivity contribution is 6.01. The molecule has 6 rings (SSSR count). The minimum atomic E-state index is -0.915. The molecule has 0 saturated heterocycles. The topological polar surface area (TPSA) is 158 Å². The molecule has 0 spiro atoms. The third-order valence-electron chi connectivity index (χ3n) is 8.60. The van der Waals surface area contributed by atoms with Crippen LogP contribution in [0, 0.1) is 20.8 Å². The summed E-state index contributed by atoms with van der Waals surface area (Å²) in [5, 5.41) is 19.1. The number of ether oxygens (including phenoxy) is 2. The van der Waals surface area contributed by atoms with E-state index in [9.17, 15) is 14.4 Å². The van der Waals surface area contributed by atoms with Gasteiger partial charge in [0.1, 0.15) is 11.6 Å². The maximum atomic E-state index is 14.2. The normalized spacial score (nSPS) is 16.3. The molecular formula is C36H41N9O5. The van der Waals surface area contributed by atoms with Crippen LogP contribution in [0.15, 0.2) is 60.8 Å². The van der Waals surface area contributed by atoms with E-state index < -0.39 is 11.9 Å². The Labute approximate surface area is 289 Å². The number of carbonyl (C=O) groups excluding carboxylic acids is 3. The third kappa shape index (κ3) is 7.59. The van der Waals surface area contributed by atoms with E-state index in [1.165, 1.54) is 7.11 Å². The molecular weight excluding hydrogens is 638 g/mol. The van der Waals surface area contributed by atoms with Gasteiger partial charge in [0.25, 0.3) is 11.8 Å². The largest absolute Gasteiger partial charge is 0.493 e. The Hall–Kier alpha value is -5.79. The molecule has 1 aliphatic heterocycles. The summed E-state index contributed by atoms with van der Waals surface area (Å²) in [4.78, 5) is 48.2. The second-order valence-electron chi connectivity index (χ2n) is 12.3. The van der Waals surface area contributed by atoms with Crippen molar-refractivity contribution < 1.29 is 23.9 Å². The molecule has 0 saturated carbocycles. The van der Waals surface area contributed by atoms with Gasteiger partial charge in [0, 0.05) is 63.0 Å². The molecule has 1 atom stereocenters. The molecule has 2 N–H and O–H groups in total. The van der Waals surface area contributed by atoms with Crippen LogP contribution in [0.1, 0.15) is 55.5 Å². The first-order chi connectivity index (χ1) is 24.2. The summed E-state index contributed by atoms with van der Waals surface area (Å²) < 4.78 is 15.0. The highest BCUT2D eigenvalue weighted by Gasteiger charge is 2.28. The molecule has 3 aromatic heterocycles. The highest BCUT2D eigenvalue weighted by Crippen LogP contribution is 2.31. The quantitative estimate of drug-likeness (QED) is 0.292. The first-order valence-corrected chi connectivity index (χ1v) is 16.7. The van der Waals surface area contributed by atoms with Crippen molar-refractivity contribution >= 4 is 23.4 Å². The average molecular weight is 680 g/mol. The summed E-state index contributed by atoms with van der Waals surface area (Å²) in [5.41, 5.74) is 4.94. The predicted octanol–water partition coefficient (Wildman–Crippen LogP) is 2.88. The lowest BCUT2D eigenvalue weighted by Gasteiger charge is -2.24. The van der Waals surface area contributed by atoms with Crippen molar-refractivity contribution in [3.8, 4) is 11.5 Å². The minimum absolute atomic E-state index is 0.135. The molecule has 50 heavy (non-hydrogen) atoms. The average Bonchev–Trinajstić information content (AvgIpc) is 3.70. The number of aryl methyl sites for hydroxylation is 4. The van der Waals surface area contributed by atoms with Gasteiger partial charge >= 0.3 is 0 Å². The number of methoxy groups -OCH3 is 1. The van der Waals surface area contributed by atoms with Gasteiger partial charge in [-0.1, -0.05) is 41.6 Å². The van der Waals surface area contributed by atoms with Gasteiger partial charge in [0.2, 0.25) is 5.91 Å². The van der Waals surface area contributed by atoms with Crippen LogP contribution in [0.25, 0.3) is 5.65 Å². The maximum Gasteiger partial charge on any atom is 0.259 e. The zero-order chi connectivity index (χ0) is 35.2. The van der Waals surface area contributed by atoms with Gasteiger partial charge in [-0.2, -0.15) is 5.10 Å². The molecule has 5 aromatic rings. The van der Waals surface area contributed by atoms with Crippen LogP contribution < -0.4 is 20.1 Å². The molecule has 0 unspecified atom stereocenters. The zero-order valence-corrected chi connectivity index (χ0v) is 28.7. The summed E-state index contributed by atoms with van der Waals surface area (Å²) in [7, 11) is 1.51. The van der Waals surface area contributed by atoms with Crippen molar-refractivity contribution in [1.82, 2.24) is 45.1 Å². The summed E-state index contributed by atoms with van der Waals surface area (Å²) in [6.45, 7) is 7.04. The van der Waals surface area contributed by atoms with E-state index >= 15 is 0 Å². The van der Waals surface area contributed by atoms with E-state index in [2.05, 4.69) is 31.0 Å². The van der Waals surface area contributed by atoms with Crippen molar-refractivity contribution in [3.63, 3.8) is 0 Å². The fourth-order valence-corrected chi connectivity index (χ4v) is 6.10. The number of para-hydroxylation sites is 1. The monoisotopic (exact) mass is 679 g/mol. The SMILES string of the molecule is COc1cccc2c1OCCCn1cc(nn1)CCN(C(=O)c1c(C)nn3c(C)cc(C)nc13)CCNC(=O)[C@H](Cc1ccccc1)NC2=O. The van der Waals surface area contributed by atoms with Crippen molar-refractivity contribution in [2.24, 2.45) is 0 Å². The van der Waals surface area contributed by atoms with Crippen LogP contribution in [0.3, 0.4) is 0 Å². The summed E-state index contributed by atoms with van der Waals surface area (Å²) in [5.74, 6) is -0.421. The van der Waals surface area contributed by atoms with Crippen LogP contribution in [-0.2, 0) is 24.2 Å². The van der Waals surface area contributed by atoms with Gasteiger partial charge in [-0.3, -0.25) is 19.1 Å². The van der Waals surface area contributed by atoms with Crippen LogP contribution in [0.4, 0.5) is 0 Å². The number of amides is 3. The number of rotatable bonds is 4. The Morgan fingerprint density at radius 2 is 1.86 bits per heavy atom. The van der Waals surface area contributed by atoms with Crippen molar-refractivity contribution in [3.05, 3.63) is 100 Å². The number of hydrogen-bond acceptors (Lipinski definition) is 9. The molecule has 2 bridgehead atoms. The molecule has 3 amide bonds. The van der Waals surface area contributed by atoms with Crippen LogP contribution >= 0.6 is 0 Å². The number of hydrogen-bond donors (Lipinski definition) is 2. The van der Waals surface area contributed by atoms with E-state index in [1.807, 2.05) is 56.4 Å². The van der Waals surface area contributed by atoms with Crippen molar-refractivity contribution in [2.75, 3.05) is 33.4 Å². The first kappa shape index (κ1) is 34.1. The van der Waals surface area contributed by atoms with Gasteiger partial charge in [0.05, 0.1) is 30.7 Å². The molecule has 2 aromatic carbocycles. The molecule has 14 nitrogen and oxygen atoms in total. The lowest BCUT2D eigenvalue weighted by molar-refractivity contribution is -0.123. The molecule has 14 heteroatoms. The van der Waals surface area contributed by atoms with E-state index in [-0.39, 0.29) is 43.5 Å². The summed E-state index contributed by atoms with van der Waals surface area (Å²) in [6, 6.07) is 15.5. The summed E-state index contributed by atoms with van der Waals surface area (Å²) in [6.07, 6.45) is 3.12. The number of carbonyl (C=O) groups is 3. The van der Waals surface area contributed by atoms with Crippen LogP contribution in [0.5, 0.6) is 11.5 Å². The van der Waals surface area contributed by atoms with Gasteiger partial charge in [-0.05, 0) is 44.5 Å². The van der Waals surface area contributed by atoms with Crippen molar-refractivity contribution in [2.45, 2.75) is 52.6 Å².